The number of aromatic nitrogens is 1. The number of hydrogen-bond donors (Lipinski definition) is 4. The van der Waals surface area contributed by atoms with Gasteiger partial charge >= 0.3 is 6.18 Å². The number of para-hydroxylation sites is 1. The molecule has 0 aliphatic heterocycles. The van der Waals surface area contributed by atoms with Crippen molar-refractivity contribution in [1.82, 2.24) is 10.3 Å². The maximum absolute atomic E-state index is 15.0. The van der Waals surface area contributed by atoms with E-state index < -0.39 is 40.8 Å². The molecule has 13 heteroatoms. The Hall–Kier alpha value is -4.78. The van der Waals surface area contributed by atoms with Crippen molar-refractivity contribution in [1.29, 1.82) is 0 Å². The first-order valence-corrected chi connectivity index (χ1v) is 19.4. The lowest BCUT2D eigenvalue weighted by molar-refractivity contribution is -0.137. The second-order valence-corrected chi connectivity index (χ2v) is 15.5. The molecule has 4 N–H and O–H groups in total. The van der Waals surface area contributed by atoms with E-state index >= 15 is 0 Å². The molecule has 0 bridgehead atoms. The SMILES string of the molecule is CCC(C)[C@H](CC(=O)Cc1ccccc1F)C(=O)N[C@]1(C(=O)C[C@H](C(=S)Nc2ccc(OC)c(O)c2)C(C)CC)CCc2[nH]c3c(C(F)(F)F)cccc3c2C1. The number of carbonyl (C=O) groups is 3. The lowest BCUT2D eigenvalue weighted by Gasteiger charge is -2.40. The molecule has 0 saturated carbocycles. The van der Waals surface area contributed by atoms with Crippen molar-refractivity contribution in [3.63, 3.8) is 0 Å². The van der Waals surface area contributed by atoms with Crippen molar-refractivity contribution >= 4 is 51.3 Å². The summed E-state index contributed by atoms with van der Waals surface area (Å²) in [6.07, 6.45) is -3.74. The predicted molar refractivity (Wildman–Crippen MR) is 212 cm³/mol. The number of benzene rings is 3. The summed E-state index contributed by atoms with van der Waals surface area (Å²) in [6.45, 7) is 7.65. The Bertz CT molecular complexity index is 2100. The fourth-order valence-corrected chi connectivity index (χ4v) is 8.13. The van der Waals surface area contributed by atoms with Crippen LogP contribution in [0.1, 0.15) is 82.2 Å². The van der Waals surface area contributed by atoms with Crippen molar-refractivity contribution in [2.24, 2.45) is 23.7 Å². The molecule has 2 unspecified atom stereocenters. The second kappa shape index (κ2) is 17.6. The highest BCUT2D eigenvalue weighted by molar-refractivity contribution is 7.80. The Morgan fingerprint density at radius 3 is 2.32 bits per heavy atom. The number of methoxy groups -OCH3 is 1. The largest absolute Gasteiger partial charge is 0.504 e. The zero-order valence-electron chi connectivity index (χ0n) is 32.2. The van der Waals surface area contributed by atoms with Crippen LogP contribution in [0.4, 0.5) is 23.2 Å². The number of phenols is 1. The fourth-order valence-electron chi connectivity index (χ4n) is 7.69. The lowest BCUT2D eigenvalue weighted by atomic mass is 9.72. The second-order valence-electron chi connectivity index (χ2n) is 15.1. The molecular formula is C43H49F4N3O5S. The van der Waals surface area contributed by atoms with Crippen LogP contribution in [0.2, 0.25) is 0 Å². The molecule has 0 saturated heterocycles. The standard InChI is InChI=1S/C43H49F4N3O5S/c1-6-24(3)30(21-28(51)19-26-11-8-9-14-34(26)44)40(54)50-42(18-17-35-32(23-42)29-12-10-13-33(39(29)49-35)43(45,46)47)38(53)22-31(25(4)7-2)41(56)48-27-15-16-37(55-5)36(52)20-27/h8-16,20,24-25,30-31,49,52H,6-7,17-19,21-23H2,1-5H3,(H,48,56)(H,50,54)/t24?,25?,30-,31-,42+/m0/s1. The van der Waals surface area contributed by atoms with Crippen molar-refractivity contribution in [2.75, 3.05) is 12.4 Å². The molecule has 8 nitrogen and oxygen atoms in total. The van der Waals surface area contributed by atoms with E-state index in [9.17, 15) is 37.1 Å². The van der Waals surface area contributed by atoms with Crippen LogP contribution >= 0.6 is 12.2 Å². The van der Waals surface area contributed by atoms with Gasteiger partial charge < -0.3 is 25.5 Å². The number of nitrogens with one attached hydrogen (secondary N) is 3. The number of carbonyl (C=O) groups excluding carboxylic acids is 3. The molecule has 5 atom stereocenters. The first kappa shape index (κ1) is 42.4. The minimum absolute atomic E-state index is 0.0790. The van der Waals surface area contributed by atoms with Crippen molar-refractivity contribution < 1.29 is 41.8 Å². The van der Waals surface area contributed by atoms with E-state index in [2.05, 4.69) is 15.6 Å². The van der Waals surface area contributed by atoms with Gasteiger partial charge in [0.15, 0.2) is 17.3 Å². The minimum Gasteiger partial charge on any atom is -0.504 e. The van der Waals surface area contributed by atoms with Crippen LogP contribution in [0.3, 0.4) is 0 Å². The van der Waals surface area contributed by atoms with Gasteiger partial charge in [0.2, 0.25) is 5.91 Å². The number of thiocarbonyl (C=S) groups is 1. The van der Waals surface area contributed by atoms with Gasteiger partial charge in [0, 0.05) is 60.4 Å². The lowest BCUT2D eigenvalue weighted by Crippen LogP contribution is -2.60. The molecule has 56 heavy (non-hydrogen) atoms. The number of alkyl halides is 3. The van der Waals surface area contributed by atoms with Crippen molar-refractivity contribution in [3.05, 3.63) is 88.9 Å². The number of halogens is 4. The summed E-state index contributed by atoms with van der Waals surface area (Å²) in [6, 6.07) is 14.6. The molecule has 0 fully saturated rings. The summed E-state index contributed by atoms with van der Waals surface area (Å²) in [4.78, 5) is 46.2. The maximum atomic E-state index is 15.0. The molecule has 4 aromatic rings. The Balaban J connectivity index is 1.51. The van der Waals surface area contributed by atoms with Crippen molar-refractivity contribution in [2.45, 2.75) is 90.8 Å². The Kier molecular flexibility index (Phi) is 13.3. The maximum Gasteiger partial charge on any atom is 0.418 e. The van der Waals surface area contributed by atoms with Crippen LogP contribution in [-0.4, -0.2) is 45.2 Å². The summed E-state index contributed by atoms with van der Waals surface area (Å²) < 4.78 is 62.0. The van der Waals surface area contributed by atoms with E-state index in [1.807, 2.05) is 27.7 Å². The topological polar surface area (TPSA) is 121 Å². The molecule has 1 aliphatic rings. The highest BCUT2D eigenvalue weighted by Crippen LogP contribution is 2.41. The predicted octanol–water partition coefficient (Wildman–Crippen LogP) is 9.31. The van der Waals surface area contributed by atoms with Gasteiger partial charge in [-0.05, 0) is 60.1 Å². The highest BCUT2D eigenvalue weighted by Gasteiger charge is 2.47. The number of fused-ring (bicyclic) bond motifs is 3. The number of phenolic OH excluding ortho intramolecular Hbond substituents is 1. The Morgan fingerprint density at radius 2 is 1.68 bits per heavy atom. The molecule has 3 aromatic carbocycles. The molecule has 1 amide bonds. The van der Waals surface area contributed by atoms with E-state index in [4.69, 9.17) is 17.0 Å². The molecule has 1 aromatic heterocycles. The normalized spacial score (nSPS) is 17.7. The Morgan fingerprint density at radius 1 is 0.982 bits per heavy atom. The van der Waals surface area contributed by atoms with Crippen LogP contribution in [0.5, 0.6) is 11.5 Å². The third kappa shape index (κ3) is 9.25. The van der Waals surface area contributed by atoms with Crippen LogP contribution in [-0.2, 0) is 39.8 Å². The van der Waals surface area contributed by atoms with E-state index in [0.717, 1.165) is 6.07 Å². The number of ketones is 2. The van der Waals surface area contributed by atoms with Crippen LogP contribution in [0.25, 0.3) is 10.9 Å². The first-order chi connectivity index (χ1) is 26.5. The number of aromatic amines is 1. The smallest absolute Gasteiger partial charge is 0.418 e. The third-order valence-corrected chi connectivity index (χ3v) is 11.9. The number of hydrogen-bond acceptors (Lipinski definition) is 6. The molecule has 1 aliphatic carbocycles. The quantitative estimate of drug-likeness (QED) is 0.0659. The third-order valence-electron chi connectivity index (χ3n) is 11.5. The minimum atomic E-state index is -4.63. The van der Waals surface area contributed by atoms with Gasteiger partial charge in [0.05, 0.1) is 23.2 Å². The molecule has 300 valence electrons. The molecule has 0 radical (unpaired) electrons. The molecule has 5 rings (SSSR count). The molecule has 0 spiro atoms. The number of ether oxygens (including phenoxy) is 1. The summed E-state index contributed by atoms with van der Waals surface area (Å²) in [5.74, 6) is -3.34. The summed E-state index contributed by atoms with van der Waals surface area (Å²) in [7, 11) is 1.43. The van der Waals surface area contributed by atoms with E-state index in [1.54, 1.807) is 24.3 Å². The van der Waals surface area contributed by atoms with E-state index in [-0.39, 0.29) is 84.5 Å². The van der Waals surface area contributed by atoms with Crippen molar-refractivity contribution in [3.8, 4) is 11.5 Å². The number of Topliss-reactive ketones (excluding diaryl/α,β-unsaturated/α-hetero) is 2. The average Bonchev–Trinajstić information content (AvgIpc) is 3.53. The van der Waals surface area contributed by atoms with Gasteiger partial charge in [0.1, 0.15) is 17.1 Å². The van der Waals surface area contributed by atoms with E-state index in [1.165, 1.54) is 37.4 Å². The van der Waals surface area contributed by atoms with Gasteiger partial charge in [-0.15, -0.1) is 0 Å². The highest BCUT2D eigenvalue weighted by atomic mass is 32.1. The monoisotopic (exact) mass is 795 g/mol. The van der Waals surface area contributed by atoms with E-state index in [0.29, 0.717) is 40.2 Å². The molecule has 1 heterocycles. The zero-order valence-corrected chi connectivity index (χ0v) is 33.1. The van der Waals surface area contributed by atoms with Gasteiger partial charge in [-0.3, -0.25) is 14.4 Å². The van der Waals surface area contributed by atoms with Gasteiger partial charge in [0.25, 0.3) is 0 Å². The number of aryl methyl sites for hydroxylation is 1. The number of amides is 1. The Labute approximate surface area is 329 Å². The number of aromatic hydroxyl groups is 1. The average molecular weight is 796 g/mol. The van der Waals surface area contributed by atoms with Gasteiger partial charge in [-0.25, -0.2) is 4.39 Å². The number of H-pyrrole nitrogens is 1. The zero-order chi connectivity index (χ0) is 40.9. The van der Waals surface area contributed by atoms with Crippen LogP contribution in [0.15, 0.2) is 60.7 Å². The summed E-state index contributed by atoms with van der Waals surface area (Å²) in [5, 5.41) is 16.9. The fraction of sp³-hybridized carbons (Fsp3) is 0.442. The molecular weight excluding hydrogens is 747 g/mol. The van der Waals surface area contributed by atoms with Gasteiger partial charge in [-0.2, -0.15) is 13.2 Å². The van der Waals surface area contributed by atoms with Crippen LogP contribution < -0.4 is 15.4 Å². The first-order valence-electron chi connectivity index (χ1n) is 19.0. The van der Waals surface area contributed by atoms with Crippen LogP contribution in [0, 0.1) is 29.5 Å². The summed E-state index contributed by atoms with van der Waals surface area (Å²) in [5.41, 5.74) is -0.688. The number of rotatable bonds is 16. The number of anilines is 1. The van der Waals surface area contributed by atoms with Gasteiger partial charge in [-0.1, -0.05) is 83.1 Å². The summed E-state index contributed by atoms with van der Waals surface area (Å²) >= 11 is 5.87.